The molecule has 1 aromatic rings. The first-order valence-corrected chi connectivity index (χ1v) is 5.86. The Balaban J connectivity index is 2.21. The number of rotatable bonds is 6. The molecule has 94 valence electrons. The van der Waals surface area contributed by atoms with Crippen LogP contribution in [0.15, 0.2) is 24.3 Å². The van der Waals surface area contributed by atoms with Crippen LogP contribution in [0.1, 0.15) is 32.6 Å². The van der Waals surface area contributed by atoms with Crippen molar-refractivity contribution in [2.75, 3.05) is 6.61 Å². The van der Waals surface area contributed by atoms with Crippen LogP contribution in [0.3, 0.4) is 0 Å². The van der Waals surface area contributed by atoms with Gasteiger partial charge in [-0.3, -0.25) is 0 Å². The fourth-order valence-corrected chi connectivity index (χ4v) is 1.36. The summed E-state index contributed by atoms with van der Waals surface area (Å²) in [6, 6.07) is 6.04. The van der Waals surface area contributed by atoms with E-state index in [-0.39, 0.29) is 11.5 Å². The molecule has 0 heterocycles. The smallest absolute Gasteiger partial charge is 0.508 e. The monoisotopic (exact) mass is 238 g/mol. The predicted molar refractivity (Wildman–Crippen MR) is 64.2 cm³/mol. The second kappa shape index (κ2) is 7.54. The Morgan fingerprint density at radius 2 is 2.12 bits per heavy atom. The number of phenols is 1. The summed E-state index contributed by atoms with van der Waals surface area (Å²) >= 11 is 0. The third-order valence-corrected chi connectivity index (χ3v) is 2.24. The Morgan fingerprint density at radius 3 is 2.82 bits per heavy atom. The molecule has 0 aliphatic rings. The molecule has 4 nitrogen and oxygen atoms in total. The molecule has 0 aromatic heterocycles. The number of carbonyl (C=O) groups excluding carboxylic acids is 1. The van der Waals surface area contributed by atoms with Gasteiger partial charge in [0.2, 0.25) is 0 Å². The van der Waals surface area contributed by atoms with Gasteiger partial charge in [0.25, 0.3) is 0 Å². The summed E-state index contributed by atoms with van der Waals surface area (Å²) in [6.07, 6.45) is 3.46. The first-order valence-electron chi connectivity index (χ1n) is 5.86. The maximum atomic E-state index is 11.2. The number of hydrogen-bond acceptors (Lipinski definition) is 4. The van der Waals surface area contributed by atoms with Crippen LogP contribution in [0.4, 0.5) is 4.79 Å². The number of benzene rings is 1. The molecule has 0 fully saturated rings. The zero-order chi connectivity index (χ0) is 12.5. The van der Waals surface area contributed by atoms with Gasteiger partial charge >= 0.3 is 6.16 Å². The van der Waals surface area contributed by atoms with E-state index in [1.165, 1.54) is 12.1 Å². The molecule has 0 aliphatic heterocycles. The van der Waals surface area contributed by atoms with Crippen molar-refractivity contribution in [2.24, 2.45) is 0 Å². The van der Waals surface area contributed by atoms with Gasteiger partial charge in [0.1, 0.15) is 11.5 Å². The first-order chi connectivity index (χ1) is 8.22. The lowest BCUT2D eigenvalue weighted by atomic mass is 10.2. The summed E-state index contributed by atoms with van der Waals surface area (Å²) in [6.45, 7) is 2.49. The standard InChI is InChI=1S/C13H18O4/c1-2-3-4-5-9-16-13(15)17-12-8-6-7-11(14)10-12/h6-8,10,14H,2-5,9H2,1H3. The predicted octanol–water partition coefficient (Wildman–Crippen LogP) is 3.49. The van der Waals surface area contributed by atoms with Crippen LogP contribution in [0, 0.1) is 0 Å². The Bertz CT molecular complexity index is 349. The van der Waals surface area contributed by atoms with Gasteiger partial charge in [0, 0.05) is 6.07 Å². The van der Waals surface area contributed by atoms with E-state index in [0.29, 0.717) is 6.61 Å². The van der Waals surface area contributed by atoms with E-state index in [1.54, 1.807) is 12.1 Å². The van der Waals surface area contributed by atoms with E-state index in [9.17, 15) is 4.79 Å². The molecular weight excluding hydrogens is 220 g/mol. The number of hydrogen-bond donors (Lipinski definition) is 1. The lowest BCUT2D eigenvalue weighted by molar-refractivity contribution is 0.0973. The summed E-state index contributed by atoms with van der Waals surface area (Å²) < 4.78 is 9.77. The van der Waals surface area contributed by atoms with E-state index in [2.05, 4.69) is 6.92 Å². The maximum absolute atomic E-state index is 11.2. The highest BCUT2D eigenvalue weighted by Crippen LogP contribution is 2.18. The van der Waals surface area contributed by atoms with Gasteiger partial charge in [-0.2, -0.15) is 0 Å². The van der Waals surface area contributed by atoms with Crippen molar-refractivity contribution >= 4 is 6.16 Å². The van der Waals surface area contributed by atoms with Crippen molar-refractivity contribution in [3.8, 4) is 11.5 Å². The number of unbranched alkanes of at least 4 members (excludes halogenated alkanes) is 3. The summed E-state index contributed by atoms with van der Waals surface area (Å²) in [5.41, 5.74) is 0. The van der Waals surface area contributed by atoms with Crippen LogP contribution in [0.25, 0.3) is 0 Å². The molecule has 0 bridgehead atoms. The summed E-state index contributed by atoms with van der Waals surface area (Å²) in [5.74, 6) is 0.335. The van der Waals surface area contributed by atoms with E-state index in [0.717, 1.165) is 25.7 Å². The van der Waals surface area contributed by atoms with Crippen LogP contribution >= 0.6 is 0 Å². The molecule has 17 heavy (non-hydrogen) atoms. The van der Waals surface area contributed by atoms with E-state index in [4.69, 9.17) is 14.6 Å². The van der Waals surface area contributed by atoms with Gasteiger partial charge in [0.15, 0.2) is 0 Å². The SMILES string of the molecule is CCCCCCOC(=O)Oc1cccc(O)c1. The molecule has 0 unspecified atom stereocenters. The van der Waals surface area contributed by atoms with Crippen LogP contribution in [-0.4, -0.2) is 17.9 Å². The minimum Gasteiger partial charge on any atom is -0.508 e. The Kier molecular flexibility index (Phi) is 5.93. The average Bonchev–Trinajstić information content (AvgIpc) is 2.29. The Hall–Kier alpha value is -1.71. The van der Waals surface area contributed by atoms with Crippen LogP contribution in [-0.2, 0) is 4.74 Å². The molecule has 0 atom stereocenters. The number of aromatic hydroxyl groups is 1. The van der Waals surface area contributed by atoms with Gasteiger partial charge in [-0.25, -0.2) is 4.79 Å². The Labute approximate surface area is 101 Å². The van der Waals surface area contributed by atoms with Gasteiger partial charge in [0.05, 0.1) is 6.61 Å². The average molecular weight is 238 g/mol. The van der Waals surface area contributed by atoms with Crippen molar-refractivity contribution in [2.45, 2.75) is 32.6 Å². The summed E-state index contributed by atoms with van der Waals surface area (Å²) in [4.78, 5) is 11.2. The summed E-state index contributed by atoms with van der Waals surface area (Å²) in [7, 11) is 0. The number of ether oxygens (including phenoxy) is 2. The normalized spacial score (nSPS) is 9.94. The number of phenolic OH excluding ortho intramolecular Hbond substituents is 1. The zero-order valence-electron chi connectivity index (χ0n) is 10.0. The zero-order valence-corrected chi connectivity index (χ0v) is 10.0. The molecule has 1 N–H and O–H groups in total. The van der Waals surface area contributed by atoms with Gasteiger partial charge in [-0.1, -0.05) is 32.3 Å². The molecule has 0 saturated carbocycles. The van der Waals surface area contributed by atoms with Crippen molar-refractivity contribution < 1.29 is 19.4 Å². The fourth-order valence-electron chi connectivity index (χ4n) is 1.36. The molecule has 0 spiro atoms. The molecule has 0 radical (unpaired) electrons. The highest BCUT2D eigenvalue weighted by Gasteiger charge is 2.05. The van der Waals surface area contributed by atoms with Crippen LogP contribution in [0.2, 0.25) is 0 Å². The lowest BCUT2D eigenvalue weighted by Crippen LogP contribution is -2.11. The van der Waals surface area contributed by atoms with E-state index in [1.807, 2.05) is 0 Å². The first kappa shape index (κ1) is 13.4. The highest BCUT2D eigenvalue weighted by atomic mass is 16.7. The van der Waals surface area contributed by atoms with E-state index >= 15 is 0 Å². The molecule has 4 heteroatoms. The van der Waals surface area contributed by atoms with Crippen LogP contribution < -0.4 is 4.74 Å². The molecule has 0 amide bonds. The van der Waals surface area contributed by atoms with Gasteiger partial charge in [-0.05, 0) is 18.6 Å². The molecule has 0 aliphatic carbocycles. The quantitative estimate of drug-likeness (QED) is 0.468. The van der Waals surface area contributed by atoms with Crippen molar-refractivity contribution in [3.05, 3.63) is 24.3 Å². The minimum atomic E-state index is -0.730. The van der Waals surface area contributed by atoms with Gasteiger partial charge < -0.3 is 14.6 Å². The van der Waals surface area contributed by atoms with Gasteiger partial charge in [-0.15, -0.1) is 0 Å². The Morgan fingerprint density at radius 1 is 1.29 bits per heavy atom. The lowest BCUT2D eigenvalue weighted by Gasteiger charge is -2.05. The van der Waals surface area contributed by atoms with Crippen LogP contribution in [0.5, 0.6) is 11.5 Å². The molecular formula is C13H18O4. The van der Waals surface area contributed by atoms with Crippen molar-refractivity contribution in [1.29, 1.82) is 0 Å². The molecule has 1 rings (SSSR count). The van der Waals surface area contributed by atoms with E-state index < -0.39 is 6.16 Å². The molecule has 1 aromatic carbocycles. The molecule has 0 saturated heterocycles. The third-order valence-electron chi connectivity index (χ3n) is 2.24. The minimum absolute atomic E-state index is 0.0539. The van der Waals surface area contributed by atoms with Crippen molar-refractivity contribution in [1.82, 2.24) is 0 Å². The summed E-state index contributed by atoms with van der Waals surface area (Å²) in [5, 5.41) is 9.17. The largest absolute Gasteiger partial charge is 0.513 e. The number of carbonyl (C=O) groups is 1. The highest BCUT2D eigenvalue weighted by molar-refractivity contribution is 5.63. The second-order valence-electron chi connectivity index (χ2n) is 3.76. The second-order valence-corrected chi connectivity index (χ2v) is 3.76. The topological polar surface area (TPSA) is 55.8 Å². The fraction of sp³-hybridized carbons (Fsp3) is 0.462. The maximum Gasteiger partial charge on any atom is 0.513 e. The third kappa shape index (κ3) is 5.80. The van der Waals surface area contributed by atoms with Crippen molar-refractivity contribution in [3.63, 3.8) is 0 Å².